The molecule has 1 aromatic carbocycles. The van der Waals surface area contributed by atoms with Gasteiger partial charge in [-0.05, 0) is 18.6 Å². The number of carbonyl (C=O) groups is 1. The summed E-state index contributed by atoms with van der Waals surface area (Å²) in [6.45, 7) is 2.28. The lowest BCUT2D eigenvalue weighted by atomic mass is 10.0. The fourth-order valence-electron chi connectivity index (χ4n) is 3.31. The lowest BCUT2D eigenvalue weighted by molar-refractivity contribution is -0.134. The maximum absolute atomic E-state index is 11.7. The van der Waals surface area contributed by atoms with Crippen molar-refractivity contribution in [2.24, 2.45) is 0 Å². The van der Waals surface area contributed by atoms with E-state index in [0.29, 0.717) is 12.2 Å². The molecule has 0 fully saturated rings. The van der Waals surface area contributed by atoms with Crippen LogP contribution in [0.3, 0.4) is 0 Å². The quantitative estimate of drug-likeness (QED) is 0.160. The molecule has 0 aliphatic carbocycles. The van der Waals surface area contributed by atoms with Gasteiger partial charge in [-0.3, -0.25) is 4.79 Å². The Morgan fingerprint density at radius 1 is 0.654 bits per heavy atom. The van der Waals surface area contributed by atoms with Crippen LogP contribution in [0.2, 0.25) is 0 Å². The first-order valence-corrected chi connectivity index (χ1v) is 11.1. The smallest absolute Gasteiger partial charge is 0.311 e. The highest BCUT2D eigenvalue weighted by atomic mass is 16.5. The molecule has 2 heteroatoms. The van der Waals surface area contributed by atoms with Gasteiger partial charge in [0, 0.05) is 6.42 Å². The first-order chi connectivity index (χ1) is 12.8. The highest BCUT2D eigenvalue weighted by Crippen LogP contribution is 2.14. The molecule has 2 nitrogen and oxygen atoms in total. The third kappa shape index (κ3) is 13.9. The molecule has 0 aliphatic rings. The van der Waals surface area contributed by atoms with Crippen LogP contribution in [0.1, 0.15) is 110 Å². The van der Waals surface area contributed by atoms with E-state index in [-0.39, 0.29) is 5.97 Å². The molecule has 0 aliphatic heterocycles. The summed E-state index contributed by atoms with van der Waals surface area (Å²) in [7, 11) is 0. The molecule has 0 saturated carbocycles. The molecule has 0 amide bonds. The number of hydrogen-bond donors (Lipinski definition) is 0. The van der Waals surface area contributed by atoms with Gasteiger partial charge in [-0.1, -0.05) is 115 Å². The van der Waals surface area contributed by atoms with Crippen LogP contribution in [0.25, 0.3) is 0 Å². The standard InChI is InChI=1S/C24H40O2/c1-2-3-4-5-6-7-8-9-10-11-12-13-14-15-19-22-24(25)26-23-20-17-16-18-21-23/h16-18,20-21H,2-15,19,22H2,1H3. The van der Waals surface area contributed by atoms with Crippen molar-refractivity contribution >= 4 is 5.97 Å². The van der Waals surface area contributed by atoms with Gasteiger partial charge >= 0.3 is 5.97 Å². The topological polar surface area (TPSA) is 26.3 Å². The van der Waals surface area contributed by atoms with E-state index >= 15 is 0 Å². The third-order valence-electron chi connectivity index (χ3n) is 4.96. The van der Waals surface area contributed by atoms with Crippen LogP contribution in [0.5, 0.6) is 5.75 Å². The van der Waals surface area contributed by atoms with Gasteiger partial charge in [-0.2, -0.15) is 0 Å². The summed E-state index contributed by atoms with van der Waals surface area (Å²) in [4.78, 5) is 11.7. The summed E-state index contributed by atoms with van der Waals surface area (Å²) in [5.74, 6) is 0.546. The molecular weight excluding hydrogens is 320 g/mol. The van der Waals surface area contributed by atoms with E-state index in [1.807, 2.05) is 30.3 Å². The first-order valence-electron chi connectivity index (χ1n) is 11.1. The van der Waals surface area contributed by atoms with E-state index in [1.54, 1.807) is 0 Å². The number of esters is 1. The molecule has 0 heterocycles. The average Bonchev–Trinajstić information content (AvgIpc) is 2.65. The van der Waals surface area contributed by atoms with Crippen molar-refractivity contribution in [1.82, 2.24) is 0 Å². The van der Waals surface area contributed by atoms with Crippen molar-refractivity contribution in [1.29, 1.82) is 0 Å². The number of rotatable bonds is 17. The van der Waals surface area contributed by atoms with Crippen LogP contribution >= 0.6 is 0 Å². The van der Waals surface area contributed by atoms with Crippen LogP contribution in [-0.4, -0.2) is 5.97 Å². The average molecular weight is 361 g/mol. The summed E-state index contributed by atoms with van der Waals surface area (Å²) in [6.07, 6.45) is 20.7. The van der Waals surface area contributed by atoms with Crippen molar-refractivity contribution in [3.63, 3.8) is 0 Å². The molecule has 0 N–H and O–H groups in total. The number of hydrogen-bond acceptors (Lipinski definition) is 2. The summed E-state index contributed by atoms with van der Waals surface area (Å²) in [5, 5.41) is 0. The lowest BCUT2D eigenvalue weighted by Crippen LogP contribution is -2.07. The van der Waals surface area contributed by atoms with Crippen molar-refractivity contribution in [2.75, 3.05) is 0 Å². The Balaban J connectivity index is 1.77. The predicted octanol–water partition coefficient (Wildman–Crippen LogP) is 7.85. The van der Waals surface area contributed by atoms with Gasteiger partial charge in [0.2, 0.25) is 0 Å². The van der Waals surface area contributed by atoms with Crippen molar-refractivity contribution in [3.05, 3.63) is 30.3 Å². The second-order valence-corrected chi connectivity index (χ2v) is 7.49. The van der Waals surface area contributed by atoms with Crippen molar-refractivity contribution in [3.8, 4) is 5.75 Å². The van der Waals surface area contributed by atoms with E-state index in [1.165, 1.54) is 83.5 Å². The van der Waals surface area contributed by atoms with Gasteiger partial charge in [-0.15, -0.1) is 0 Å². The maximum atomic E-state index is 11.7. The second kappa shape index (κ2) is 17.1. The van der Waals surface area contributed by atoms with Gasteiger partial charge in [0.25, 0.3) is 0 Å². The lowest BCUT2D eigenvalue weighted by Gasteiger charge is -2.04. The molecule has 26 heavy (non-hydrogen) atoms. The number of ether oxygens (including phenoxy) is 1. The molecule has 0 saturated heterocycles. The number of benzene rings is 1. The Hall–Kier alpha value is -1.31. The summed E-state index contributed by atoms with van der Waals surface area (Å²) in [5.41, 5.74) is 0. The van der Waals surface area contributed by atoms with Crippen molar-refractivity contribution < 1.29 is 9.53 Å². The van der Waals surface area contributed by atoms with Gasteiger partial charge in [0.1, 0.15) is 5.75 Å². The van der Waals surface area contributed by atoms with E-state index in [2.05, 4.69) is 6.92 Å². The minimum atomic E-state index is -0.106. The molecule has 0 atom stereocenters. The van der Waals surface area contributed by atoms with Gasteiger partial charge < -0.3 is 4.74 Å². The Labute approximate surface area is 161 Å². The van der Waals surface area contributed by atoms with Gasteiger partial charge in [0.05, 0.1) is 0 Å². The van der Waals surface area contributed by atoms with Gasteiger partial charge in [-0.25, -0.2) is 0 Å². The molecule has 1 aromatic rings. The largest absolute Gasteiger partial charge is 0.427 e. The van der Waals surface area contributed by atoms with E-state index in [9.17, 15) is 4.79 Å². The molecule has 0 radical (unpaired) electrons. The second-order valence-electron chi connectivity index (χ2n) is 7.49. The molecule has 0 unspecified atom stereocenters. The molecule has 1 rings (SSSR count). The Morgan fingerprint density at radius 3 is 1.54 bits per heavy atom. The highest BCUT2D eigenvalue weighted by molar-refractivity contribution is 5.72. The molecule has 0 aromatic heterocycles. The third-order valence-corrected chi connectivity index (χ3v) is 4.96. The summed E-state index contributed by atoms with van der Waals surface area (Å²) < 4.78 is 5.29. The fourth-order valence-corrected chi connectivity index (χ4v) is 3.31. The maximum Gasteiger partial charge on any atom is 0.311 e. The zero-order valence-electron chi connectivity index (χ0n) is 17.0. The Kier molecular flexibility index (Phi) is 15.0. The monoisotopic (exact) mass is 360 g/mol. The highest BCUT2D eigenvalue weighted by Gasteiger charge is 2.03. The van der Waals surface area contributed by atoms with Crippen LogP contribution < -0.4 is 4.74 Å². The number of unbranched alkanes of at least 4 members (excludes halogenated alkanes) is 14. The number of carbonyl (C=O) groups excluding carboxylic acids is 1. The molecule has 0 spiro atoms. The normalized spacial score (nSPS) is 10.8. The van der Waals surface area contributed by atoms with E-state index in [0.717, 1.165) is 12.8 Å². The molecular formula is C24H40O2. The minimum Gasteiger partial charge on any atom is -0.427 e. The zero-order valence-corrected chi connectivity index (χ0v) is 17.0. The zero-order chi connectivity index (χ0) is 18.7. The van der Waals surface area contributed by atoms with Gasteiger partial charge in [0.15, 0.2) is 0 Å². The van der Waals surface area contributed by atoms with E-state index in [4.69, 9.17) is 4.74 Å². The van der Waals surface area contributed by atoms with Crippen LogP contribution in [-0.2, 0) is 4.79 Å². The fraction of sp³-hybridized carbons (Fsp3) is 0.708. The minimum absolute atomic E-state index is 0.106. The van der Waals surface area contributed by atoms with Crippen LogP contribution in [0.4, 0.5) is 0 Å². The first kappa shape index (κ1) is 22.7. The number of para-hydroxylation sites is 1. The molecule has 0 bridgehead atoms. The predicted molar refractivity (Wildman–Crippen MR) is 112 cm³/mol. The van der Waals surface area contributed by atoms with Crippen molar-refractivity contribution in [2.45, 2.75) is 110 Å². The summed E-state index contributed by atoms with van der Waals surface area (Å²) in [6, 6.07) is 9.34. The summed E-state index contributed by atoms with van der Waals surface area (Å²) >= 11 is 0. The Morgan fingerprint density at radius 2 is 1.08 bits per heavy atom. The van der Waals surface area contributed by atoms with Crippen LogP contribution in [0.15, 0.2) is 30.3 Å². The van der Waals surface area contributed by atoms with Crippen LogP contribution in [0, 0.1) is 0 Å². The SMILES string of the molecule is CCCCCCCCCCCCCCCCCC(=O)Oc1ccccc1. The van der Waals surface area contributed by atoms with E-state index < -0.39 is 0 Å². The molecule has 148 valence electrons. The Bertz CT molecular complexity index is 427.